The number of hydrogen-bond acceptors (Lipinski definition) is 5. The van der Waals surface area contributed by atoms with Gasteiger partial charge in [-0.15, -0.1) is 10.2 Å². The summed E-state index contributed by atoms with van der Waals surface area (Å²) >= 11 is 7.16. The Kier molecular flexibility index (Phi) is 6.48. The van der Waals surface area contributed by atoms with E-state index >= 15 is 0 Å². The number of nitrogens with zero attached hydrogens (tertiary/aromatic N) is 3. The van der Waals surface area contributed by atoms with E-state index in [9.17, 15) is 18.0 Å². The van der Waals surface area contributed by atoms with Gasteiger partial charge in [-0.3, -0.25) is 4.79 Å². The van der Waals surface area contributed by atoms with Crippen molar-refractivity contribution in [3.05, 3.63) is 83.1 Å². The molecule has 4 aromatic rings. The second-order valence-corrected chi connectivity index (χ2v) is 8.41. The van der Waals surface area contributed by atoms with Crippen molar-refractivity contribution in [3.63, 3.8) is 0 Å². The molecular formula is C22H16ClF3N4O2S. The van der Waals surface area contributed by atoms with E-state index in [4.69, 9.17) is 16.0 Å². The maximum Gasteiger partial charge on any atom is 0.416 e. The Morgan fingerprint density at radius 1 is 1.12 bits per heavy atom. The van der Waals surface area contributed by atoms with E-state index in [1.807, 2.05) is 0 Å². The lowest BCUT2D eigenvalue weighted by atomic mass is 10.1. The van der Waals surface area contributed by atoms with Crippen LogP contribution in [0, 0.1) is 0 Å². The molecule has 2 aromatic carbocycles. The first-order valence-corrected chi connectivity index (χ1v) is 10.8. The summed E-state index contributed by atoms with van der Waals surface area (Å²) in [6.07, 6.45) is -3.06. The molecule has 1 unspecified atom stereocenters. The minimum Gasteiger partial charge on any atom is -0.461 e. The van der Waals surface area contributed by atoms with Crippen LogP contribution >= 0.6 is 23.4 Å². The van der Waals surface area contributed by atoms with Crippen LogP contribution in [0.2, 0.25) is 5.02 Å². The highest BCUT2D eigenvalue weighted by Gasteiger charge is 2.32. The van der Waals surface area contributed by atoms with Gasteiger partial charge in [-0.2, -0.15) is 13.2 Å². The van der Waals surface area contributed by atoms with Gasteiger partial charge in [0.15, 0.2) is 16.7 Å². The van der Waals surface area contributed by atoms with Crippen molar-refractivity contribution < 1.29 is 22.4 Å². The Labute approximate surface area is 195 Å². The molecule has 0 aliphatic heterocycles. The molecule has 0 spiro atoms. The van der Waals surface area contributed by atoms with Gasteiger partial charge < -0.3 is 14.3 Å². The highest BCUT2D eigenvalue weighted by Crippen LogP contribution is 2.38. The van der Waals surface area contributed by atoms with Crippen molar-refractivity contribution in [1.29, 1.82) is 0 Å². The summed E-state index contributed by atoms with van der Waals surface area (Å²) in [5.74, 6) is 0.416. The molecule has 0 fully saturated rings. The Morgan fingerprint density at radius 3 is 2.55 bits per heavy atom. The van der Waals surface area contributed by atoms with Gasteiger partial charge in [0.25, 0.3) is 0 Å². The van der Waals surface area contributed by atoms with Gasteiger partial charge in [-0.25, -0.2) is 0 Å². The zero-order valence-corrected chi connectivity index (χ0v) is 18.6. The number of furan rings is 1. The van der Waals surface area contributed by atoms with Crippen LogP contribution in [0.3, 0.4) is 0 Å². The molecule has 0 radical (unpaired) electrons. The van der Waals surface area contributed by atoms with Gasteiger partial charge in [-0.1, -0.05) is 53.7 Å². The summed E-state index contributed by atoms with van der Waals surface area (Å²) in [6, 6.07) is 15.0. The molecular weight excluding hydrogens is 477 g/mol. The predicted octanol–water partition coefficient (Wildman–Crippen LogP) is 6.22. The van der Waals surface area contributed by atoms with Crippen molar-refractivity contribution in [2.24, 2.45) is 7.05 Å². The molecule has 2 heterocycles. The molecule has 4 rings (SSSR count). The normalized spacial score (nSPS) is 12.5. The van der Waals surface area contributed by atoms with E-state index in [1.54, 1.807) is 54.1 Å². The average molecular weight is 493 g/mol. The topological polar surface area (TPSA) is 73.0 Å². The Morgan fingerprint density at radius 2 is 1.88 bits per heavy atom. The lowest BCUT2D eigenvalue weighted by Crippen LogP contribution is -2.20. The summed E-state index contributed by atoms with van der Waals surface area (Å²) in [7, 11) is 1.73. The highest BCUT2D eigenvalue weighted by atomic mass is 35.5. The standard InChI is InChI=1S/C22H16ClF3N4O2S/c1-30-19(17-8-5-11-32-17)28-29-21(30)33-18(13-6-3-2-4-7-13)20(31)27-16-12-14(22(24,25)26)9-10-15(16)23/h2-12,18H,1H3,(H,27,31). The zero-order valence-electron chi connectivity index (χ0n) is 17.0. The molecule has 2 aromatic heterocycles. The third-order valence-corrected chi connectivity index (χ3v) is 6.31. The maximum absolute atomic E-state index is 13.2. The Balaban J connectivity index is 1.65. The number of nitrogens with one attached hydrogen (secondary N) is 1. The minimum absolute atomic E-state index is 0.00748. The van der Waals surface area contributed by atoms with E-state index in [2.05, 4.69) is 15.5 Å². The van der Waals surface area contributed by atoms with Crippen LogP contribution in [0.15, 0.2) is 76.5 Å². The number of aromatic nitrogens is 3. The molecule has 6 nitrogen and oxygen atoms in total. The van der Waals surface area contributed by atoms with Crippen molar-refractivity contribution in [2.45, 2.75) is 16.6 Å². The summed E-state index contributed by atoms with van der Waals surface area (Å²) in [6.45, 7) is 0. The monoisotopic (exact) mass is 492 g/mol. The number of carbonyl (C=O) groups excluding carboxylic acids is 1. The quantitative estimate of drug-likeness (QED) is 0.323. The van der Waals surface area contributed by atoms with Gasteiger partial charge >= 0.3 is 6.18 Å². The lowest BCUT2D eigenvalue weighted by molar-refractivity contribution is -0.137. The number of anilines is 1. The first kappa shape index (κ1) is 22.9. The van der Waals surface area contributed by atoms with Crippen LogP contribution in [-0.4, -0.2) is 20.7 Å². The van der Waals surface area contributed by atoms with Gasteiger partial charge in [0.1, 0.15) is 5.25 Å². The van der Waals surface area contributed by atoms with Crippen molar-refractivity contribution in [1.82, 2.24) is 14.8 Å². The van der Waals surface area contributed by atoms with Crippen molar-refractivity contribution >= 4 is 35.0 Å². The summed E-state index contributed by atoms with van der Waals surface area (Å²) in [5.41, 5.74) is -0.416. The average Bonchev–Trinajstić information content (AvgIpc) is 3.43. The summed E-state index contributed by atoms with van der Waals surface area (Å²) < 4.78 is 46.4. The van der Waals surface area contributed by atoms with Crippen LogP contribution in [0.5, 0.6) is 0 Å². The van der Waals surface area contributed by atoms with Gasteiger partial charge in [0.05, 0.1) is 22.5 Å². The molecule has 1 amide bonds. The lowest BCUT2D eigenvalue weighted by Gasteiger charge is -2.18. The number of thioether (sulfide) groups is 1. The number of halogens is 4. The number of benzene rings is 2. The molecule has 170 valence electrons. The van der Waals surface area contributed by atoms with Gasteiger partial charge in [0, 0.05) is 7.05 Å². The highest BCUT2D eigenvalue weighted by molar-refractivity contribution is 8.00. The number of rotatable bonds is 6. The second kappa shape index (κ2) is 9.32. The first-order chi connectivity index (χ1) is 15.7. The van der Waals surface area contributed by atoms with Crippen molar-refractivity contribution in [2.75, 3.05) is 5.32 Å². The molecule has 1 atom stereocenters. The fraction of sp³-hybridized carbons (Fsp3) is 0.136. The smallest absolute Gasteiger partial charge is 0.416 e. The fourth-order valence-corrected chi connectivity index (χ4v) is 4.21. The molecule has 0 bridgehead atoms. The molecule has 0 saturated heterocycles. The number of hydrogen-bond donors (Lipinski definition) is 1. The summed E-state index contributed by atoms with van der Waals surface area (Å²) in [5, 5.41) is 10.4. The third-order valence-electron chi connectivity index (χ3n) is 4.69. The number of carbonyl (C=O) groups is 1. The number of amides is 1. The van der Waals surface area contributed by atoms with E-state index in [-0.39, 0.29) is 10.7 Å². The molecule has 1 N–H and O–H groups in total. The van der Waals surface area contributed by atoms with E-state index in [0.29, 0.717) is 22.3 Å². The summed E-state index contributed by atoms with van der Waals surface area (Å²) in [4.78, 5) is 13.2. The van der Waals surface area contributed by atoms with Gasteiger partial charge in [0.2, 0.25) is 5.91 Å². The molecule has 33 heavy (non-hydrogen) atoms. The van der Waals surface area contributed by atoms with Crippen LogP contribution < -0.4 is 5.32 Å². The van der Waals surface area contributed by atoms with E-state index < -0.39 is 22.9 Å². The predicted molar refractivity (Wildman–Crippen MR) is 119 cm³/mol. The zero-order chi connectivity index (χ0) is 23.6. The van der Waals surface area contributed by atoms with Crippen LogP contribution in [-0.2, 0) is 18.0 Å². The first-order valence-electron chi connectivity index (χ1n) is 9.56. The van der Waals surface area contributed by atoms with Crippen LogP contribution in [0.1, 0.15) is 16.4 Å². The van der Waals surface area contributed by atoms with Crippen molar-refractivity contribution in [3.8, 4) is 11.6 Å². The fourth-order valence-electron chi connectivity index (χ4n) is 3.04. The molecule has 0 saturated carbocycles. The third kappa shape index (κ3) is 5.07. The van der Waals surface area contributed by atoms with Crippen LogP contribution in [0.4, 0.5) is 18.9 Å². The second-order valence-electron chi connectivity index (χ2n) is 6.93. The largest absolute Gasteiger partial charge is 0.461 e. The number of alkyl halides is 3. The minimum atomic E-state index is -4.57. The van der Waals surface area contributed by atoms with E-state index in [1.165, 1.54) is 6.26 Å². The maximum atomic E-state index is 13.2. The Hall–Kier alpha value is -3.24. The molecule has 0 aliphatic rings. The SMILES string of the molecule is Cn1c(SC(C(=O)Nc2cc(C(F)(F)F)ccc2Cl)c2ccccc2)nnc1-c1ccco1. The molecule has 11 heteroatoms. The van der Waals surface area contributed by atoms with Crippen LogP contribution in [0.25, 0.3) is 11.6 Å². The van der Waals surface area contributed by atoms with Gasteiger partial charge in [-0.05, 0) is 35.9 Å². The van der Waals surface area contributed by atoms with E-state index in [0.717, 1.165) is 30.0 Å². The molecule has 0 aliphatic carbocycles. The Bertz CT molecular complexity index is 1260.